The summed E-state index contributed by atoms with van der Waals surface area (Å²) in [5.41, 5.74) is 14.7. The first-order valence-electron chi connectivity index (χ1n) is 9.94. The van der Waals surface area contributed by atoms with Crippen molar-refractivity contribution in [3.63, 3.8) is 0 Å². The molecule has 1 heterocycles. The van der Waals surface area contributed by atoms with E-state index in [2.05, 4.69) is 5.32 Å². The van der Waals surface area contributed by atoms with Crippen LogP contribution in [0.5, 0.6) is 0 Å². The second-order valence-corrected chi connectivity index (χ2v) is 7.56. The molecule has 0 saturated carbocycles. The first-order chi connectivity index (χ1) is 15.2. The minimum absolute atomic E-state index is 0.0242. The van der Waals surface area contributed by atoms with E-state index in [1.807, 2.05) is 23.9 Å². The zero-order chi connectivity index (χ0) is 23.4. The van der Waals surface area contributed by atoms with Crippen LogP contribution in [0.25, 0.3) is 10.9 Å². The number of nitrogens with zero attached hydrogens (tertiary/aromatic N) is 1. The second kappa shape index (κ2) is 9.44. The Balaban J connectivity index is 1.68. The first-order valence-corrected chi connectivity index (χ1v) is 9.94. The van der Waals surface area contributed by atoms with E-state index < -0.39 is 12.2 Å². The standard InChI is InChI=1S/C23H26N6O3/c1-13(30)23(28-11-14-3-5-15(6-4-14)21(24)25)32-20(31)10-17-12-29(2)19-8-7-16(22(26)27)9-18(17)19/h3-9,12,23,28H,10-11H2,1-2H3,(H3,24,25)(H3,26,27). The zero-order valence-corrected chi connectivity index (χ0v) is 17.9. The van der Waals surface area contributed by atoms with Gasteiger partial charge in [-0.3, -0.25) is 25.7 Å². The summed E-state index contributed by atoms with van der Waals surface area (Å²) in [6.07, 6.45) is 0.706. The average Bonchev–Trinajstić information content (AvgIpc) is 3.05. The van der Waals surface area contributed by atoms with E-state index in [-0.39, 0.29) is 23.9 Å². The third-order valence-corrected chi connectivity index (χ3v) is 5.09. The maximum absolute atomic E-state index is 12.6. The fraction of sp³-hybridized carbons (Fsp3) is 0.217. The van der Waals surface area contributed by atoms with Gasteiger partial charge in [-0.1, -0.05) is 24.3 Å². The van der Waals surface area contributed by atoms with Gasteiger partial charge in [0.1, 0.15) is 11.7 Å². The van der Waals surface area contributed by atoms with Gasteiger partial charge in [0, 0.05) is 41.8 Å². The molecule has 0 saturated heterocycles. The molecule has 0 spiro atoms. The predicted molar refractivity (Wildman–Crippen MR) is 122 cm³/mol. The molecule has 0 aliphatic heterocycles. The number of nitrogen functional groups attached to an aromatic ring is 2. The number of hydrogen-bond acceptors (Lipinski definition) is 6. The summed E-state index contributed by atoms with van der Waals surface area (Å²) in [7, 11) is 1.86. The largest absolute Gasteiger partial charge is 0.439 e. The molecule has 0 fully saturated rings. The molecule has 0 bridgehead atoms. The quantitative estimate of drug-likeness (QED) is 0.149. The number of carbonyl (C=O) groups is 2. The Labute approximate surface area is 185 Å². The second-order valence-electron chi connectivity index (χ2n) is 7.56. The summed E-state index contributed by atoms with van der Waals surface area (Å²) in [5.74, 6) is -0.953. The van der Waals surface area contributed by atoms with E-state index in [4.69, 9.17) is 27.0 Å². The van der Waals surface area contributed by atoms with Crippen LogP contribution < -0.4 is 16.8 Å². The lowest BCUT2D eigenvalue weighted by Crippen LogP contribution is -2.39. The maximum atomic E-state index is 12.6. The highest BCUT2D eigenvalue weighted by atomic mass is 16.6. The number of nitrogens with one attached hydrogen (secondary N) is 3. The monoisotopic (exact) mass is 434 g/mol. The highest BCUT2D eigenvalue weighted by molar-refractivity contribution is 6.00. The fourth-order valence-electron chi connectivity index (χ4n) is 3.39. The summed E-state index contributed by atoms with van der Waals surface area (Å²) in [5, 5.41) is 18.8. The number of rotatable bonds is 9. The van der Waals surface area contributed by atoms with Crippen molar-refractivity contribution >= 4 is 34.3 Å². The molecule has 0 amide bonds. The van der Waals surface area contributed by atoms with Gasteiger partial charge in [-0.2, -0.15) is 0 Å². The number of ketones is 1. The number of aromatic nitrogens is 1. The van der Waals surface area contributed by atoms with E-state index in [9.17, 15) is 9.59 Å². The Morgan fingerprint density at radius 2 is 1.69 bits per heavy atom. The van der Waals surface area contributed by atoms with Crippen molar-refractivity contribution in [1.82, 2.24) is 9.88 Å². The molecule has 0 aliphatic carbocycles. The van der Waals surface area contributed by atoms with Crippen molar-refractivity contribution in [3.05, 3.63) is 70.9 Å². The number of fused-ring (bicyclic) bond motifs is 1. The first kappa shape index (κ1) is 22.7. The smallest absolute Gasteiger partial charge is 0.312 e. The number of esters is 1. The van der Waals surface area contributed by atoms with E-state index >= 15 is 0 Å². The minimum atomic E-state index is -1.09. The number of nitrogens with two attached hydrogens (primary N) is 2. The van der Waals surface area contributed by atoms with Gasteiger partial charge in [0.2, 0.25) is 6.23 Å². The van der Waals surface area contributed by atoms with Crippen molar-refractivity contribution in [3.8, 4) is 0 Å². The Kier molecular flexibility index (Phi) is 6.70. The van der Waals surface area contributed by atoms with E-state index in [0.717, 1.165) is 22.0 Å². The summed E-state index contributed by atoms with van der Waals surface area (Å²) < 4.78 is 7.29. The van der Waals surface area contributed by atoms with Gasteiger partial charge >= 0.3 is 5.97 Å². The molecular weight excluding hydrogens is 408 g/mol. The summed E-state index contributed by atoms with van der Waals surface area (Å²) in [6, 6.07) is 12.4. The zero-order valence-electron chi connectivity index (χ0n) is 17.9. The lowest BCUT2D eigenvalue weighted by Gasteiger charge is -2.17. The van der Waals surface area contributed by atoms with Crippen LogP contribution in [0.4, 0.5) is 0 Å². The van der Waals surface area contributed by atoms with Gasteiger partial charge in [-0.05, 0) is 36.2 Å². The van der Waals surface area contributed by atoms with E-state index in [1.165, 1.54) is 6.92 Å². The van der Waals surface area contributed by atoms with Gasteiger partial charge in [0.15, 0.2) is 5.78 Å². The van der Waals surface area contributed by atoms with Crippen molar-refractivity contribution in [1.29, 1.82) is 10.8 Å². The number of ether oxygens (including phenoxy) is 1. The lowest BCUT2D eigenvalue weighted by molar-refractivity contribution is -0.155. The predicted octanol–water partition coefficient (Wildman–Crippen LogP) is 1.54. The van der Waals surface area contributed by atoms with Gasteiger partial charge in [-0.25, -0.2) is 0 Å². The molecule has 1 atom stereocenters. The van der Waals surface area contributed by atoms with Crippen LogP contribution in [0.2, 0.25) is 0 Å². The Morgan fingerprint density at radius 3 is 2.28 bits per heavy atom. The molecule has 9 nitrogen and oxygen atoms in total. The third-order valence-electron chi connectivity index (χ3n) is 5.09. The number of benzene rings is 2. The van der Waals surface area contributed by atoms with Crippen LogP contribution in [0.3, 0.4) is 0 Å². The SMILES string of the molecule is CC(=O)C(NCc1ccc(C(=N)N)cc1)OC(=O)Cc1cn(C)c2ccc(C(=N)N)cc12. The Hall–Kier alpha value is -3.98. The summed E-state index contributed by atoms with van der Waals surface area (Å²) in [4.78, 5) is 24.6. The Bertz CT molecular complexity index is 1200. The van der Waals surface area contributed by atoms with Gasteiger partial charge < -0.3 is 20.8 Å². The van der Waals surface area contributed by atoms with Crippen LogP contribution in [0.15, 0.2) is 48.7 Å². The summed E-state index contributed by atoms with van der Waals surface area (Å²) >= 11 is 0. The van der Waals surface area contributed by atoms with Crippen molar-refractivity contribution in [2.24, 2.45) is 18.5 Å². The van der Waals surface area contributed by atoms with Gasteiger partial charge in [0.05, 0.1) is 6.42 Å². The van der Waals surface area contributed by atoms with Crippen molar-refractivity contribution in [2.45, 2.75) is 26.1 Å². The number of hydrogen-bond donors (Lipinski definition) is 5. The minimum Gasteiger partial charge on any atom is -0.439 e. The van der Waals surface area contributed by atoms with Crippen molar-refractivity contribution < 1.29 is 14.3 Å². The van der Waals surface area contributed by atoms with Crippen LogP contribution in [0, 0.1) is 10.8 Å². The normalized spacial score (nSPS) is 11.8. The van der Waals surface area contributed by atoms with Gasteiger partial charge in [0.25, 0.3) is 0 Å². The molecule has 166 valence electrons. The van der Waals surface area contributed by atoms with Crippen molar-refractivity contribution in [2.75, 3.05) is 0 Å². The third kappa shape index (κ3) is 5.19. The Morgan fingerprint density at radius 1 is 1.06 bits per heavy atom. The lowest BCUT2D eigenvalue weighted by atomic mass is 10.1. The molecular formula is C23H26N6O3. The number of Topliss-reactive ketones (excluding diaryl/α,β-unsaturated/α-hetero) is 1. The van der Waals surface area contributed by atoms with Crippen LogP contribution >= 0.6 is 0 Å². The van der Waals surface area contributed by atoms with Crippen LogP contribution in [-0.2, 0) is 34.3 Å². The fourth-order valence-corrected chi connectivity index (χ4v) is 3.39. The highest BCUT2D eigenvalue weighted by Crippen LogP contribution is 2.23. The average molecular weight is 435 g/mol. The molecule has 1 unspecified atom stereocenters. The molecule has 9 heteroatoms. The van der Waals surface area contributed by atoms with Gasteiger partial charge in [-0.15, -0.1) is 0 Å². The highest BCUT2D eigenvalue weighted by Gasteiger charge is 2.20. The molecule has 2 aromatic carbocycles. The van der Waals surface area contributed by atoms with E-state index in [1.54, 1.807) is 36.4 Å². The molecule has 0 aliphatic rings. The molecule has 1 aromatic heterocycles. The molecule has 3 rings (SSSR count). The molecule has 3 aromatic rings. The molecule has 0 radical (unpaired) electrons. The van der Waals surface area contributed by atoms with Crippen LogP contribution in [0.1, 0.15) is 29.2 Å². The van der Waals surface area contributed by atoms with E-state index in [0.29, 0.717) is 17.7 Å². The van der Waals surface area contributed by atoms with Crippen LogP contribution in [-0.4, -0.2) is 34.2 Å². The number of aryl methyl sites for hydroxylation is 1. The molecule has 7 N–H and O–H groups in total. The number of carbonyl (C=O) groups excluding carboxylic acids is 2. The topological polar surface area (TPSA) is 160 Å². The number of amidine groups is 2. The maximum Gasteiger partial charge on any atom is 0.312 e. The summed E-state index contributed by atoms with van der Waals surface area (Å²) in [6.45, 7) is 1.65. The molecule has 32 heavy (non-hydrogen) atoms.